The van der Waals surface area contributed by atoms with Crippen molar-refractivity contribution in [1.82, 2.24) is 0 Å². The minimum atomic E-state index is 0.175. The Morgan fingerprint density at radius 3 is 2.43 bits per heavy atom. The predicted octanol–water partition coefficient (Wildman–Crippen LogP) is 2.44. The lowest BCUT2D eigenvalue weighted by molar-refractivity contribution is 0.233. The van der Waals surface area contributed by atoms with Gasteiger partial charge in [0.25, 0.3) is 0 Å². The van der Waals surface area contributed by atoms with Gasteiger partial charge in [-0.15, -0.1) is 0 Å². The molecule has 0 amide bonds. The number of hydrogen-bond acceptors (Lipinski definition) is 2. The molecule has 2 N–H and O–H groups in total. The Balaban J connectivity index is 2.29. The van der Waals surface area contributed by atoms with Gasteiger partial charge in [-0.25, -0.2) is 0 Å². The fourth-order valence-electron chi connectivity index (χ4n) is 1.06. The lowest BCUT2D eigenvalue weighted by Crippen LogP contribution is -2.25. The molecule has 0 aliphatic carbocycles. The summed E-state index contributed by atoms with van der Waals surface area (Å²) in [6, 6.07) is 9.87. The molecule has 0 atom stereocenters. The van der Waals surface area contributed by atoms with E-state index in [0.29, 0.717) is 6.54 Å². The van der Waals surface area contributed by atoms with Crippen molar-refractivity contribution < 1.29 is 4.74 Å². The van der Waals surface area contributed by atoms with Crippen molar-refractivity contribution in [3.8, 4) is 5.75 Å². The Labute approximate surface area is 86.1 Å². The number of nitrogens with two attached hydrogens (primary N) is 1. The van der Waals surface area contributed by atoms with E-state index in [1.807, 2.05) is 30.3 Å². The number of benzene rings is 1. The van der Waals surface area contributed by atoms with Crippen molar-refractivity contribution in [1.29, 1.82) is 0 Å². The van der Waals surface area contributed by atoms with Crippen LogP contribution in [-0.2, 0) is 0 Å². The summed E-state index contributed by atoms with van der Waals surface area (Å²) in [5.74, 6) is 0.931. The van der Waals surface area contributed by atoms with Crippen LogP contribution in [0.1, 0.15) is 20.3 Å². The number of rotatable bonds is 5. The highest BCUT2D eigenvalue weighted by molar-refractivity contribution is 5.20. The van der Waals surface area contributed by atoms with Crippen molar-refractivity contribution in [3.63, 3.8) is 0 Å². The van der Waals surface area contributed by atoms with E-state index in [4.69, 9.17) is 10.5 Å². The van der Waals surface area contributed by atoms with Crippen LogP contribution in [0.5, 0.6) is 5.75 Å². The van der Waals surface area contributed by atoms with E-state index in [-0.39, 0.29) is 5.41 Å². The second kappa shape index (κ2) is 5.01. The van der Waals surface area contributed by atoms with Gasteiger partial charge >= 0.3 is 0 Å². The molecule has 0 heterocycles. The summed E-state index contributed by atoms with van der Waals surface area (Å²) >= 11 is 0. The summed E-state index contributed by atoms with van der Waals surface area (Å²) in [5, 5.41) is 0. The number of hydrogen-bond donors (Lipinski definition) is 1. The molecule has 0 aliphatic heterocycles. The molecule has 1 rings (SSSR count). The smallest absolute Gasteiger partial charge is 0.119 e. The maximum atomic E-state index is 5.63. The molecule has 0 saturated heterocycles. The first-order chi connectivity index (χ1) is 6.64. The molecule has 0 spiro atoms. The molecule has 1 aromatic rings. The van der Waals surface area contributed by atoms with Crippen LogP contribution >= 0.6 is 0 Å². The molecule has 1 aromatic carbocycles. The molecule has 0 unspecified atom stereocenters. The third-order valence-electron chi connectivity index (χ3n) is 2.34. The van der Waals surface area contributed by atoms with Gasteiger partial charge in [0, 0.05) is 0 Å². The Morgan fingerprint density at radius 1 is 1.21 bits per heavy atom. The van der Waals surface area contributed by atoms with E-state index in [1.165, 1.54) is 0 Å². The molecule has 0 bridgehead atoms. The summed E-state index contributed by atoms with van der Waals surface area (Å²) < 4.78 is 5.59. The topological polar surface area (TPSA) is 35.2 Å². The molecule has 0 aromatic heterocycles. The number of para-hydroxylation sites is 1. The Kier molecular flexibility index (Phi) is 3.96. The van der Waals surface area contributed by atoms with Crippen molar-refractivity contribution in [2.45, 2.75) is 20.3 Å². The second-order valence-electron chi connectivity index (χ2n) is 4.28. The fraction of sp³-hybridized carbons (Fsp3) is 0.500. The van der Waals surface area contributed by atoms with E-state index in [2.05, 4.69) is 13.8 Å². The van der Waals surface area contributed by atoms with Crippen LogP contribution in [0.4, 0.5) is 0 Å². The molecule has 14 heavy (non-hydrogen) atoms. The second-order valence-corrected chi connectivity index (χ2v) is 4.28. The zero-order valence-corrected chi connectivity index (χ0v) is 8.99. The first-order valence-electron chi connectivity index (χ1n) is 5.02. The van der Waals surface area contributed by atoms with Gasteiger partial charge in [0.05, 0.1) is 6.61 Å². The van der Waals surface area contributed by atoms with Gasteiger partial charge in [0.1, 0.15) is 5.75 Å². The maximum absolute atomic E-state index is 5.63. The van der Waals surface area contributed by atoms with Gasteiger partial charge in [-0.05, 0) is 30.5 Å². The average Bonchev–Trinajstić information content (AvgIpc) is 2.19. The fourth-order valence-corrected chi connectivity index (χ4v) is 1.06. The van der Waals surface area contributed by atoms with Crippen LogP contribution in [0.2, 0.25) is 0 Å². The van der Waals surface area contributed by atoms with Crippen LogP contribution in [-0.4, -0.2) is 13.2 Å². The van der Waals surface area contributed by atoms with Gasteiger partial charge in [0.2, 0.25) is 0 Å². The molecule has 78 valence electrons. The Hall–Kier alpha value is -1.02. The summed E-state index contributed by atoms with van der Waals surface area (Å²) in [6.45, 7) is 5.74. The third kappa shape index (κ3) is 3.79. The zero-order valence-electron chi connectivity index (χ0n) is 8.99. The van der Waals surface area contributed by atoms with E-state index in [0.717, 1.165) is 18.8 Å². The summed E-state index contributed by atoms with van der Waals surface area (Å²) in [5.41, 5.74) is 5.81. The van der Waals surface area contributed by atoms with Crippen LogP contribution in [0.25, 0.3) is 0 Å². The predicted molar refractivity (Wildman–Crippen MR) is 59.4 cm³/mol. The first kappa shape index (κ1) is 11.1. The molecule has 0 fully saturated rings. The van der Waals surface area contributed by atoms with Gasteiger partial charge in [-0.3, -0.25) is 0 Å². The molecular formula is C12H19NO. The van der Waals surface area contributed by atoms with Crippen molar-refractivity contribution in [2.75, 3.05) is 13.2 Å². The Bertz CT molecular complexity index is 256. The molecule has 2 nitrogen and oxygen atoms in total. The van der Waals surface area contributed by atoms with Crippen molar-refractivity contribution in [2.24, 2.45) is 11.1 Å². The van der Waals surface area contributed by atoms with Crippen molar-refractivity contribution in [3.05, 3.63) is 30.3 Å². The molecular weight excluding hydrogens is 174 g/mol. The average molecular weight is 193 g/mol. The Morgan fingerprint density at radius 2 is 1.86 bits per heavy atom. The monoisotopic (exact) mass is 193 g/mol. The quantitative estimate of drug-likeness (QED) is 0.779. The molecule has 2 heteroatoms. The lowest BCUT2D eigenvalue weighted by Gasteiger charge is -2.21. The zero-order chi connectivity index (χ0) is 10.4. The highest BCUT2D eigenvalue weighted by Crippen LogP contribution is 2.18. The summed E-state index contributed by atoms with van der Waals surface area (Å²) in [7, 11) is 0. The summed E-state index contributed by atoms with van der Waals surface area (Å²) in [4.78, 5) is 0. The standard InChI is InChI=1S/C12H19NO/c1-12(2,10-13)8-9-14-11-6-4-3-5-7-11/h3-7H,8-10,13H2,1-2H3. The van der Waals surface area contributed by atoms with Crippen LogP contribution in [0.15, 0.2) is 30.3 Å². The van der Waals surface area contributed by atoms with Gasteiger partial charge in [-0.1, -0.05) is 32.0 Å². The SMILES string of the molecule is CC(C)(CN)CCOc1ccccc1. The van der Waals surface area contributed by atoms with E-state index >= 15 is 0 Å². The third-order valence-corrected chi connectivity index (χ3v) is 2.34. The minimum Gasteiger partial charge on any atom is -0.494 e. The van der Waals surface area contributed by atoms with E-state index in [1.54, 1.807) is 0 Å². The van der Waals surface area contributed by atoms with Gasteiger partial charge in [-0.2, -0.15) is 0 Å². The minimum absolute atomic E-state index is 0.175. The van der Waals surface area contributed by atoms with Crippen LogP contribution in [0, 0.1) is 5.41 Å². The lowest BCUT2D eigenvalue weighted by atomic mass is 9.90. The maximum Gasteiger partial charge on any atom is 0.119 e. The van der Waals surface area contributed by atoms with Crippen molar-refractivity contribution >= 4 is 0 Å². The molecule has 0 saturated carbocycles. The van der Waals surface area contributed by atoms with E-state index < -0.39 is 0 Å². The van der Waals surface area contributed by atoms with Crippen LogP contribution in [0.3, 0.4) is 0 Å². The first-order valence-corrected chi connectivity index (χ1v) is 5.02. The normalized spacial score (nSPS) is 11.4. The largest absolute Gasteiger partial charge is 0.494 e. The highest BCUT2D eigenvalue weighted by Gasteiger charge is 2.14. The highest BCUT2D eigenvalue weighted by atomic mass is 16.5. The number of ether oxygens (including phenoxy) is 1. The molecule has 0 radical (unpaired) electrons. The van der Waals surface area contributed by atoms with Gasteiger partial charge < -0.3 is 10.5 Å². The van der Waals surface area contributed by atoms with Gasteiger partial charge in [0.15, 0.2) is 0 Å². The summed E-state index contributed by atoms with van der Waals surface area (Å²) in [6.07, 6.45) is 0.985. The molecule has 0 aliphatic rings. The van der Waals surface area contributed by atoms with Crippen LogP contribution < -0.4 is 10.5 Å². The van der Waals surface area contributed by atoms with E-state index in [9.17, 15) is 0 Å².